The molecular weight excluding hydrogens is 444 g/mol. The Kier molecular flexibility index (Phi) is 6.11. The number of hydrogen-bond donors (Lipinski definition) is 0. The number of carbonyl (C=O) groups excluding carboxylic acids is 1. The van der Waals surface area contributed by atoms with Gasteiger partial charge < -0.3 is 4.74 Å². The van der Waals surface area contributed by atoms with Gasteiger partial charge in [0.15, 0.2) is 15.0 Å². The Morgan fingerprint density at radius 1 is 1.27 bits per heavy atom. The first-order valence-corrected chi connectivity index (χ1v) is 12.7. The molecule has 158 valence electrons. The number of sulfone groups is 1. The maximum absolute atomic E-state index is 13.2. The number of amides is 1. The van der Waals surface area contributed by atoms with Crippen molar-refractivity contribution in [3.63, 3.8) is 0 Å². The molecule has 1 saturated heterocycles. The van der Waals surface area contributed by atoms with Crippen molar-refractivity contribution in [2.24, 2.45) is 0 Å². The van der Waals surface area contributed by atoms with Crippen LogP contribution in [0, 0.1) is 0 Å². The normalized spacial score (nSPS) is 16.8. The van der Waals surface area contributed by atoms with Gasteiger partial charge in [-0.3, -0.25) is 9.69 Å². The molecule has 1 unspecified atom stereocenters. The lowest BCUT2D eigenvalue weighted by Crippen LogP contribution is -2.38. The molecule has 2 aromatic carbocycles. The molecule has 0 saturated carbocycles. The number of carbonyl (C=O) groups is 1. The van der Waals surface area contributed by atoms with E-state index >= 15 is 0 Å². The van der Waals surface area contributed by atoms with Gasteiger partial charge in [0.25, 0.3) is 0 Å². The number of fused-ring (bicyclic) bond motifs is 1. The first-order valence-electron chi connectivity index (χ1n) is 9.57. The largest absolute Gasteiger partial charge is 0.376 e. The molecule has 1 amide bonds. The summed E-state index contributed by atoms with van der Waals surface area (Å²) < 4.78 is 30.0. The lowest BCUT2D eigenvalue weighted by Gasteiger charge is -2.23. The Morgan fingerprint density at radius 2 is 2.03 bits per heavy atom. The summed E-state index contributed by atoms with van der Waals surface area (Å²) >= 11 is 7.70. The Balaban J connectivity index is 1.61. The predicted octanol–water partition coefficient (Wildman–Crippen LogP) is 4.11. The Labute approximate surface area is 184 Å². The van der Waals surface area contributed by atoms with Crippen LogP contribution in [0.4, 0.5) is 5.13 Å². The fraction of sp³-hybridized carbons (Fsp3) is 0.333. The van der Waals surface area contributed by atoms with Crippen molar-refractivity contribution in [3.05, 3.63) is 53.1 Å². The van der Waals surface area contributed by atoms with Gasteiger partial charge >= 0.3 is 0 Å². The van der Waals surface area contributed by atoms with E-state index in [1.807, 2.05) is 12.1 Å². The van der Waals surface area contributed by atoms with Crippen molar-refractivity contribution in [1.82, 2.24) is 4.98 Å². The minimum Gasteiger partial charge on any atom is -0.376 e. The maximum Gasteiger partial charge on any atom is 0.233 e. The number of para-hydroxylation sites is 1. The first kappa shape index (κ1) is 21.2. The number of halogens is 1. The van der Waals surface area contributed by atoms with Crippen LogP contribution in [0.3, 0.4) is 0 Å². The van der Waals surface area contributed by atoms with E-state index in [1.165, 1.54) is 23.5 Å². The van der Waals surface area contributed by atoms with E-state index in [4.69, 9.17) is 16.3 Å². The van der Waals surface area contributed by atoms with Crippen LogP contribution in [0.5, 0.6) is 0 Å². The van der Waals surface area contributed by atoms with Crippen LogP contribution in [0.15, 0.2) is 47.4 Å². The third kappa shape index (κ3) is 4.67. The highest BCUT2D eigenvalue weighted by Crippen LogP contribution is 2.33. The van der Waals surface area contributed by atoms with E-state index in [0.717, 1.165) is 29.4 Å². The third-order valence-electron chi connectivity index (χ3n) is 5.01. The Bertz CT molecular complexity index is 1170. The zero-order valence-electron chi connectivity index (χ0n) is 16.4. The molecule has 0 spiro atoms. The fourth-order valence-corrected chi connectivity index (χ4v) is 5.34. The van der Waals surface area contributed by atoms with Gasteiger partial charge in [-0.1, -0.05) is 41.1 Å². The second-order valence-corrected chi connectivity index (χ2v) is 10.7. The fourth-order valence-electron chi connectivity index (χ4n) is 3.42. The lowest BCUT2D eigenvalue weighted by molar-refractivity contribution is -0.118. The van der Waals surface area contributed by atoms with E-state index in [-0.39, 0.29) is 23.3 Å². The minimum atomic E-state index is -3.27. The van der Waals surface area contributed by atoms with Gasteiger partial charge in [-0.15, -0.1) is 0 Å². The summed E-state index contributed by atoms with van der Waals surface area (Å²) in [5, 5.41) is 1.14. The molecule has 4 rings (SSSR count). The average Bonchev–Trinajstić information content (AvgIpc) is 3.36. The van der Waals surface area contributed by atoms with Crippen molar-refractivity contribution < 1.29 is 17.9 Å². The zero-order valence-corrected chi connectivity index (χ0v) is 18.8. The summed E-state index contributed by atoms with van der Waals surface area (Å²) in [7, 11) is -3.27. The van der Waals surface area contributed by atoms with Crippen molar-refractivity contribution >= 4 is 54.0 Å². The standard InChI is InChI=1S/C21H21ClN2O4S2/c1-30(26,27)16-9-7-14(8-10-16)12-19(25)24(13-15-4-3-11-28-15)21-23-20-17(22)5-2-6-18(20)29-21/h2,5-10,15H,3-4,11-13H2,1H3. The molecule has 6 nitrogen and oxygen atoms in total. The van der Waals surface area contributed by atoms with Crippen molar-refractivity contribution in [3.8, 4) is 0 Å². The predicted molar refractivity (Wildman–Crippen MR) is 119 cm³/mol. The van der Waals surface area contributed by atoms with Crippen LogP contribution in [-0.2, 0) is 25.8 Å². The first-order chi connectivity index (χ1) is 14.3. The molecule has 1 atom stereocenters. The van der Waals surface area contributed by atoms with Gasteiger partial charge in [-0.25, -0.2) is 13.4 Å². The Morgan fingerprint density at radius 3 is 2.67 bits per heavy atom. The molecule has 9 heteroatoms. The van der Waals surface area contributed by atoms with Crippen LogP contribution in [-0.4, -0.2) is 44.8 Å². The summed E-state index contributed by atoms with van der Waals surface area (Å²) in [4.78, 5) is 19.8. The number of nitrogens with zero attached hydrogens (tertiary/aromatic N) is 2. The third-order valence-corrected chi connectivity index (χ3v) is 7.48. The summed E-state index contributed by atoms with van der Waals surface area (Å²) in [6, 6.07) is 12.0. The molecule has 2 heterocycles. The molecule has 1 fully saturated rings. The quantitative estimate of drug-likeness (QED) is 0.548. The van der Waals surface area contributed by atoms with E-state index in [0.29, 0.717) is 28.8 Å². The molecule has 0 aliphatic carbocycles. The summed E-state index contributed by atoms with van der Waals surface area (Å²) in [6.45, 7) is 1.13. The van der Waals surface area contributed by atoms with Crippen molar-refractivity contribution in [2.45, 2.75) is 30.3 Å². The van der Waals surface area contributed by atoms with Gasteiger partial charge in [-0.05, 0) is 42.7 Å². The minimum absolute atomic E-state index is 0.0240. The molecular formula is C21H21ClN2O4S2. The molecule has 0 radical (unpaired) electrons. The molecule has 3 aromatic rings. The van der Waals surface area contributed by atoms with Gasteiger partial charge in [0.05, 0.1) is 33.7 Å². The highest BCUT2D eigenvalue weighted by Gasteiger charge is 2.26. The molecule has 1 aromatic heterocycles. The SMILES string of the molecule is CS(=O)(=O)c1ccc(CC(=O)N(CC2CCCO2)c2nc3c(Cl)cccc3s2)cc1. The maximum atomic E-state index is 13.2. The second-order valence-electron chi connectivity index (χ2n) is 7.32. The van der Waals surface area contributed by atoms with Gasteiger partial charge in [-0.2, -0.15) is 0 Å². The van der Waals surface area contributed by atoms with Gasteiger partial charge in [0.1, 0.15) is 5.52 Å². The van der Waals surface area contributed by atoms with Crippen LogP contribution in [0.2, 0.25) is 5.02 Å². The lowest BCUT2D eigenvalue weighted by atomic mass is 10.1. The monoisotopic (exact) mass is 464 g/mol. The molecule has 0 bridgehead atoms. The molecule has 30 heavy (non-hydrogen) atoms. The summed E-state index contributed by atoms with van der Waals surface area (Å²) in [6.07, 6.45) is 3.16. The number of benzene rings is 2. The molecule has 0 N–H and O–H groups in total. The summed E-state index contributed by atoms with van der Waals surface area (Å²) in [5.74, 6) is -0.118. The summed E-state index contributed by atoms with van der Waals surface area (Å²) in [5.41, 5.74) is 1.42. The average molecular weight is 465 g/mol. The van der Waals surface area contributed by atoms with Crippen molar-refractivity contribution in [2.75, 3.05) is 24.3 Å². The number of thiazole rings is 1. The number of aromatic nitrogens is 1. The molecule has 1 aliphatic rings. The Hall–Kier alpha value is -2.00. The van der Waals surface area contributed by atoms with Crippen molar-refractivity contribution in [1.29, 1.82) is 0 Å². The smallest absolute Gasteiger partial charge is 0.233 e. The zero-order chi connectivity index (χ0) is 21.3. The topological polar surface area (TPSA) is 76.6 Å². The van der Waals surface area contributed by atoms with Crippen LogP contribution >= 0.6 is 22.9 Å². The highest BCUT2D eigenvalue weighted by molar-refractivity contribution is 7.90. The van der Waals surface area contributed by atoms with Gasteiger partial charge in [0, 0.05) is 12.9 Å². The number of anilines is 1. The van der Waals surface area contributed by atoms with E-state index < -0.39 is 9.84 Å². The number of hydrogen-bond acceptors (Lipinski definition) is 6. The molecule has 1 aliphatic heterocycles. The van der Waals surface area contributed by atoms with E-state index in [1.54, 1.807) is 23.1 Å². The van der Waals surface area contributed by atoms with E-state index in [9.17, 15) is 13.2 Å². The van der Waals surface area contributed by atoms with Crippen LogP contribution in [0.25, 0.3) is 10.2 Å². The second kappa shape index (κ2) is 8.63. The highest BCUT2D eigenvalue weighted by atomic mass is 35.5. The number of rotatable bonds is 6. The number of ether oxygens (including phenoxy) is 1. The van der Waals surface area contributed by atoms with Crippen LogP contribution < -0.4 is 4.90 Å². The van der Waals surface area contributed by atoms with Gasteiger partial charge in [0.2, 0.25) is 5.91 Å². The van der Waals surface area contributed by atoms with E-state index in [2.05, 4.69) is 4.98 Å². The van der Waals surface area contributed by atoms with Crippen LogP contribution in [0.1, 0.15) is 18.4 Å².